The second kappa shape index (κ2) is 7.10. The fraction of sp³-hybridized carbons (Fsp3) is 0.929. The van der Waals surface area contributed by atoms with Crippen LogP contribution < -0.4 is 5.32 Å². The van der Waals surface area contributed by atoms with Crippen LogP contribution in [-0.2, 0) is 4.79 Å². The minimum atomic E-state index is -0.721. The van der Waals surface area contributed by atoms with E-state index < -0.39 is 5.97 Å². The molecule has 4 nitrogen and oxygen atoms in total. The number of hydrogen-bond acceptors (Lipinski definition) is 3. The van der Waals surface area contributed by atoms with E-state index in [9.17, 15) is 4.79 Å². The van der Waals surface area contributed by atoms with Crippen LogP contribution in [0, 0.1) is 5.92 Å². The summed E-state index contributed by atoms with van der Waals surface area (Å²) >= 11 is 0. The molecule has 1 fully saturated rings. The summed E-state index contributed by atoms with van der Waals surface area (Å²) < 4.78 is 0. The first-order chi connectivity index (χ1) is 8.42. The van der Waals surface area contributed by atoms with E-state index in [1.54, 1.807) is 0 Å². The first-order valence-corrected chi connectivity index (χ1v) is 7.14. The van der Waals surface area contributed by atoms with Crippen molar-refractivity contribution in [3.05, 3.63) is 0 Å². The van der Waals surface area contributed by atoms with Gasteiger partial charge in [0, 0.05) is 18.1 Å². The maximum atomic E-state index is 10.7. The number of hydrogen-bond donors (Lipinski definition) is 2. The van der Waals surface area contributed by atoms with Crippen molar-refractivity contribution in [1.29, 1.82) is 0 Å². The van der Waals surface area contributed by atoms with Crippen LogP contribution in [0.2, 0.25) is 0 Å². The monoisotopic (exact) mass is 256 g/mol. The molecule has 0 radical (unpaired) electrons. The molecule has 0 spiro atoms. The van der Waals surface area contributed by atoms with Crippen molar-refractivity contribution in [2.45, 2.75) is 65.1 Å². The van der Waals surface area contributed by atoms with E-state index in [1.807, 2.05) is 6.92 Å². The number of carbonyl (C=O) groups is 1. The summed E-state index contributed by atoms with van der Waals surface area (Å²) in [5.41, 5.74) is 0. The van der Waals surface area contributed by atoms with Crippen molar-refractivity contribution in [1.82, 2.24) is 10.2 Å². The van der Waals surface area contributed by atoms with Gasteiger partial charge in [0.1, 0.15) is 0 Å². The molecular formula is C14H28N2O2. The van der Waals surface area contributed by atoms with Gasteiger partial charge in [0.25, 0.3) is 0 Å². The van der Waals surface area contributed by atoms with Gasteiger partial charge in [0.15, 0.2) is 0 Å². The van der Waals surface area contributed by atoms with Crippen molar-refractivity contribution in [3.8, 4) is 0 Å². The van der Waals surface area contributed by atoms with Crippen LogP contribution in [0.15, 0.2) is 0 Å². The van der Waals surface area contributed by atoms with Gasteiger partial charge in [-0.15, -0.1) is 0 Å². The number of carboxylic acids is 1. The first kappa shape index (κ1) is 15.4. The second-order valence-corrected chi connectivity index (χ2v) is 5.98. The van der Waals surface area contributed by atoms with Crippen LogP contribution in [-0.4, -0.2) is 47.2 Å². The molecule has 0 amide bonds. The fourth-order valence-electron chi connectivity index (χ4n) is 2.87. The summed E-state index contributed by atoms with van der Waals surface area (Å²) in [7, 11) is 0. The number of rotatable bonds is 8. The van der Waals surface area contributed by atoms with Gasteiger partial charge in [-0.1, -0.05) is 20.8 Å². The minimum absolute atomic E-state index is 0.176. The summed E-state index contributed by atoms with van der Waals surface area (Å²) in [6.45, 7) is 9.76. The largest absolute Gasteiger partial charge is 0.480 e. The Morgan fingerprint density at radius 3 is 2.44 bits per heavy atom. The molecule has 1 aliphatic carbocycles. The third-order valence-electron chi connectivity index (χ3n) is 3.72. The van der Waals surface area contributed by atoms with E-state index in [0.717, 1.165) is 25.3 Å². The Morgan fingerprint density at radius 2 is 2.00 bits per heavy atom. The zero-order valence-corrected chi connectivity index (χ0v) is 12.1. The first-order valence-electron chi connectivity index (χ1n) is 7.14. The van der Waals surface area contributed by atoms with Crippen LogP contribution in [0.5, 0.6) is 0 Å². The molecule has 0 heterocycles. The predicted octanol–water partition coefficient (Wildman–Crippen LogP) is 1.95. The standard InChI is InChI=1S/C14H28N2O2/c1-5-16(9-14(17)18)13-7-12(8-13)15-11(4)6-10(2)3/h10-13,15H,5-9H2,1-4H3,(H,17,18). The Labute approximate surface area is 111 Å². The predicted molar refractivity (Wildman–Crippen MR) is 73.7 cm³/mol. The molecule has 0 bridgehead atoms. The van der Waals surface area contributed by atoms with E-state index in [-0.39, 0.29) is 6.54 Å². The van der Waals surface area contributed by atoms with Crippen LogP contribution in [0.25, 0.3) is 0 Å². The molecular weight excluding hydrogens is 228 g/mol. The van der Waals surface area contributed by atoms with Gasteiger partial charge in [-0.05, 0) is 38.6 Å². The minimum Gasteiger partial charge on any atom is -0.480 e. The van der Waals surface area contributed by atoms with Gasteiger partial charge >= 0.3 is 5.97 Å². The topological polar surface area (TPSA) is 52.6 Å². The second-order valence-electron chi connectivity index (χ2n) is 5.98. The average molecular weight is 256 g/mol. The van der Waals surface area contributed by atoms with Gasteiger partial charge < -0.3 is 10.4 Å². The molecule has 0 aromatic heterocycles. The molecule has 4 heteroatoms. The summed E-state index contributed by atoms with van der Waals surface area (Å²) in [5, 5.41) is 12.5. The van der Waals surface area contributed by atoms with Crippen molar-refractivity contribution in [2.75, 3.05) is 13.1 Å². The van der Waals surface area contributed by atoms with Crippen molar-refractivity contribution in [2.24, 2.45) is 5.92 Å². The summed E-state index contributed by atoms with van der Waals surface area (Å²) in [4.78, 5) is 12.8. The van der Waals surface area contributed by atoms with Crippen molar-refractivity contribution in [3.63, 3.8) is 0 Å². The fourth-order valence-corrected chi connectivity index (χ4v) is 2.87. The third kappa shape index (κ3) is 4.94. The zero-order chi connectivity index (χ0) is 13.7. The lowest BCUT2D eigenvalue weighted by Gasteiger charge is -2.43. The molecule has 18 heavy (non-hydrogen) atoms. The molecule has 2 N–H and O–H groups in total. The van der Waals surface area contributed by atoms with Crippen molar-refractivity contribution < 1.29 is 9.90 Å². The quantitative estimate of drug-likeness (QED) is 0.697. The Balaban J connectivity index is 2.23. The summed E-state index contributed by atoms with van der Waals surface area (Å²) in [6, 6.07) is 1.59. The van der Waals surface area contributed by atoms with Gasteiger partial charge in [0.05, 0.1) is 6.54 Å². The lowest BCUT2D eigenvalue weighted by atomic mass is 9.84. The van der Waals surface area contributed by atoms with Gasteiger partial charge in [0.2, 0.25) is 0 Å². The maximum Gasteiger partial charge on any atom is 0.317 e. The van der Waals surface area contributed by atoms with Gasteiger partial charge in [-0.2, -0.15) is 0 Å². The number of aliphatic carboxylic acids is 1. The summed E-state index contributed by atoms with van der Waals surface area (Å²) in [6.07, 6.45) is 3.38. The molecule has 1 atom stereocenters. The lowest BCUT2D eigenvalue weighted by molar-refractivity contribution is -0.139. The van der Waals surface area contributed by atoms with E-state index >= 15 is 0 Å². The number of carboxylic acid groups (broad SMARTS) is 1. The Morgan fingerprint density at radius 1 is 1.39 bits per heavy atom. The normalized spacial score (nSPS) is 25.2. The molecule has 1 aliphatic rings. The SMILES string of the molecule is CCN(CC(=O)O)C1CC(NC(C)CC(C)C)C1. The van der Waals surface area contributed by atoms with Crippen molar-refractivity contribution >= 4 is 5.97 Å². The summed E-state index contributed by atoms with van der Waals surface area (Å²) in [5.74, 6) is 0.00367. The smallest absolute Gasteiger partial charge is 0.317 e. The third-order valence-corrected chi connectivity index (χ3v) is 3.72. The number of nitrogens with zero attached hydrogens (tertiary/aromatic N) is 1. The van der Waals surface area contributed by atoms with Crippen LogP contribution in [0.4, 0.5) is 0 Å². The lowest BCUT2D eigenvalue weighted by Crippen LogP contribution is -2.55. The van der Waals surface area contributed by atoms with E-state index in [1.165, 1.54) is 6.42 Å². The highest BCUT2D eigenvalue weighted by molar-refractivity contribution is 5.69. The molecule has 1 rings (SSSR count). The Kier molecular flexibility index (Phi) is 6.09. The Bertz CT molecular complexity index is 263. The van der Waals surface area contributed by atoms with E-state index in [0.29, 0.717) is 18.1 Å². The molecule has 0 aliphatic heterocycles. The molecule has 1 saturated carbocycles. The van der Waals surface area contributed by atoms with Gasteiger partial charge in [-0.3, -0.25) is 9.69 Å². The molecule has 106 valence electrons. The van der Waals surface area contributed by atoms with E-state index in [2.05, 4.69) is 31.0 Å². The number of nitrogens with one attached hydrogen (secondary N) is 1. The average Bonchev–Trinajstić information content (AvgIpc) is 2.18. The molecule has 0 aromatic carbocycles. The number of likely N-dealkylation sites (N-methyl/N-ethyl adjacent to an activating group) is 1. The molecule has 0 saturated heterocycles. The van der Waals surface area contributed by atoms with Gasteiger partial charge in [-0.25, -0.2) is 0 Å². The highest BCUT2D eigenvalue weighted by atomic mass is 16.4. The zero-order valence-electron chi connectivity index (χ0n) is 12.1. The molecule has 0 aromatic rings. The van der Waals surface area contributed by atoms with Crippen LogP contribution in [0.1, 0.15) is 47.0 Å². The van der Waals surface area contributed by atoms with Crippen LogP contribution >= 0.6 is 0 Å². The molecule has 1 unspecified atom stereocenters. The highest BCUT2D eigenvalue weighted by Crippen LogP contribution is 2.26. The van der Waals surface area contributed by atoms with E-state index in [4.69, 9.17) is 5.11 Å². The van der Waals surface area contributed by atoms with Crippen LogP contribution in [0.3, 0.4) is 0 Å². The highest BCUT2D eigenvalue weighted by Gasteiger charge is 2.34. The Hall–Kier alpha value is -0.610. The maximum absolute atomic E-state index is 10.7.